The Balaban J connectivity index is 4.24. The summed E-state index contributed by atoms with van der Waals surface area (Å²) in [5, 5.41) is 30.9. The lowest BCUT2D eigenvalue weighted by Crippen LogP contribution is -2.72. The van der Waals surface area contributed by atoms with Gasteiger partial charge >= 0.3 is 11.9 Å². The summed E-state index contributed by atoms with van der Waals surface area (Å²) in [4.78, 5) is 35.2. The minimum Gasteiger partial charge on any atom is -0.544 e. The Bertz CT molecular complexity index is 597. The molecule has 0 saturated heterocycles. The minimum absolute atomic E-state index is 0.178. The van der Waals surface area contributed by atoms with Crippen molar-refractivity contribution in [2.45, 2.75) is 149 Å². The molecule has 36 heavy (non-hydrogen) atoms. The molecule has 0 aliphatic carbocycles. The number of aliphatic carboxylic acids is 3. The third-order valence-electron chi connectivity index (χ3n) is 7.78. The summed E-state index contributed by atoms with van der Waals surface area (Å²) < 4.78 is -0.545. The summed E-state index contributed by atoms with van der Waals surface area (Å²) in [6.07, 6.45) is 23.3. The number of hydrogen-bond donors (Lipinski definition) is 2. The van der Waals surface area contributed by atoms with E-state index in [1.807, 2.05) is 0 Å². The number of rotatable bonds is 24. The van der Waals surface area contributed by atoms with E-state index in [-0.39, 0.29) is 6.54 Å². The molecule has 7 nitrogen and oxygen atoms in total. The summed E-state index contributed by atoms with van der Waals surface area (Å²) in [5.74, 6) is -3.83. The van der Waals surface area contributed by atoms with Crippen molar-refractivity contribution in [1.29, 1.82) is 0 Å². The van der Waals surface area contributed by atoms with E-state index < -0.39 is 40.5 Å². The fraction of sp³-hybridized carbons (Fsp3) is 0.828. The highest BCUT2D eigenvalue weighted by atomic mass is 16.4. The third kappa shape index (κ3) is 12.9. The van der Waals surface area contributed by atoms with Gasteiger partial charge in [0.25, 0.3) is 0 Å². The third-order valence-corrected chi connectivity index (χ3v) is 7.78. The van der Waals surface area contributed by atoms with Crippen LogP contribution >= 0.6 is 0 Å². The monoisotopic (exact) mass is 511 g/mol. The van der Waals surface area contributed by atoms with Gasteiger partial charge in [0.2, 0.25) is 0 Å². The summed E-state index contributed by atoms with van der Waals surface area (Å²) >= 11 is 0. The maximum atomic E-state index is 11.8. The van der Waals surface area contributed by atoms with Crippen LogP contribution < -0.4 is 5.11 Å². The van der Waals surface area contributed by atoms with Crippen LogP contribution in [0.15, 0.2) is 12.2 Å². The average molecular weight is 512 g/mol. The van der Waals surface area contributed by atoms with Crippen LogP contribution in [0.5, 0.6) is 0 Å². The van der Waals surface area contributed by atoms with E-state index in [9.17, 15) is 29.7 Å². The van der Waals surface area contributed by atoms with Gasteiger partial charge in [-0.05, 0) is 59.3 Å². The summed E-state index contributed by atoms with van der Waals surface area (Å²) in [7, 11) is 0. The van der Waals surface area contributed by atoms with E-state index in [2.05, 4.69) is 19.1 Å². The van der Waals surface area contributed by atoms with Crippen molar-refractivity contribution in [2.75, 3.05) is 6.54 Å². The molecule has 0 aromatic carbocycles. The van der Waals surface area contributed by atoms with Crippen LogP contribution in [-0.2, 0) is 14.4 Å². The highest BCUT2D eigenvalue weighted by molar-refractivity contribution is 5.76. The molecule has 7 heteroatoms. The Morgan fingerprint density at radius 1 is 0.639 bits per heavy atom. The first-order valence-electron chi connectivity index (χ1n) is 14.3. The van der Waals surface area contributed by atoms with Crippen molar-refractivity contribution in [3.63, 3.8) is 0 Å². The highest BCUT2D eigenvalue weighted by Crippen LogP contribution is 2.27. The molecule has 0 heterocycles. The number of hydrogen-bond acceptors (Lipinski definition) is 4. The second kappa shape index (κ2) is 20.2. The Hall–Kier alpha value is -1.89. The molecule has 0 aliphatic rings. The fourth-order valence-electron chi connectivity index (χ4n) is 5.18. The number of carbonyl (C=O) groups is 3. The molecule has 0 rings (SSSR count). The molecule has 0 fully saturated rings. The number of nitrogens with zero attached hydrogens (tertiary/aromatic N) is 1. The van der Waals surface area contributed by atoms with Gasteiger partial charge in [-0.3, -0.25) is 4.48 Å². The lowest BCUT2D eigenvalue weighted by molar-refractivity contribution is -0.969. The summed E-state index contributed by atoms with van der Waals surface area (Å²) in [6, 6.07) is -3.57. The van der Waals surface area contributed by atoms with Crippen molar-refractivity contribution in [3.8, 4) is 0 Å². The number of carboxylic acids is 3. The fourth-order valence-corrected chi connectivity index (χ4v) is 5.18. The molecule has 3 unspecified atom stereocenters. The van der Waals surface area contributed by atoms with Gasteiger partial charge in [0.1, 0.15) is 6.04 Å². The van der Waals surface area contributed by atoms with Gasteiger partial charge in [0, 0.05) is 0 Å². The van der Waals surface area contributed by atoms with Crippen LogP contribution in [-0.4, -0.2) is 57.3 Å². The van der Waals surface area contributed by atoms with Crippen LogP contribution in [0.3, 0.4) is 0 Å². The maximum absolute atomic E-state index is 11.8. The second-order valence-corrected chi connectivity index (χ2v) is 10.4. The van der Waals surface area contributed by atoms with E-state index in [0.29, 0.717) is 6.42 Å². The van der Waals surface area contributed by atoms with Crippen LogP contribution in [0.2, 0.25) is 0 Å². The van der Waals surface area contributed by atoms with Gasteiger partial charge in [0.15, 0.2) is 12.1 Å². The van der Waals surface area contributed by atoms with E-state index in [4.69, 9.17) is 0 Å². The van der Waals surface area contributed by atoms with Gasteiger partial charge in [0.05, 0.1) is 12.5 Å². The predicted octanol–water partition coefficient (Wildman–Crippen LogP) is 5.71. The molecule has 0 saturated carbocycles. The average Bonchev–Trinajstić information content (AvgIpc) is 2.84. The Morgan fingerprint density at radius 2 is 1.00 bits per heavy atom. The molecule has 3 atom stereocenters. The number of carboxylic acid groups (broad SMARTS) is 3. The first kappa shape index (κ1) is 34.1. The van der Waals surface area contributed by atoms with E-state index >= 15 is 0 Å². The normalized spacial score (nSPS) is 15.9. The molecule has 0 amide bonds. The molecule has 0 aromatic heterocycles. The summed E-state index contributed by atoms with van der Waals surface area (Å²) in [6.45, 7) is 6.57. The molecule has 0 aromatic rings. The number of unbranched alkanes of at least 4 members (excludes halogenated alkanes) is 14. The molecule has 0 radical (unpaired) electrons. The predicted molar refractivity (Wildman–Crippen MR) is 142 cm³/mol. The Morgan fingerprint density at radius 3 is 1.36 bits per heavy atom. The zero-order valence-electron chi connectivity index (χ0n) is 23.4. The molecule has 210 valence electrons. The van der Waals surface area contributed by atoms with Gasteiger partial charge in [-0.1, -0.05) is 83.3 Å². The second-order valence-electron chi connectivity index (χ2n) is 10.4. The maximum Gasteiger partial charge on any atom is 0.362 e. The number of carbonyl (C=O) groups excluding carboxylic acids is 1. The first-order valence-corrected chi connectivity index (χ1v) is 14.3. The lowest BCUT2D eigenvalue weighted by Gasteiger charge is -2.49. The van der Waals surface area contributed by atoms with Crippen LogP contribution in [0.1, 0.15) is 130 Å². The Labute approximate surface area is 219 Å². The smallest absolute Gasteiger partial charge is 0.362 e. The van der Waals surface area contributed by atoms with Gasteiger partial charge in [-0.2, -0.15) is 0 Å². The van der Waals surface area contributed by atoms with Crippen molar-refractivity contribution in [2.24, 2.45) is 0 Å². The molecule has 0 spiro atoms. The van der Waals surface area contributed by atoms with E-state index in [0.717, 1.165) is 38.5 Å². The van der Waals surface area contributed by atoms with Crippen LogP contribution in [0.4, 0.5) is 0 Å². The topological polar surface area (TPSA) is 115 Å². The van der Waals surface area contributed by atoms with Gasteiger partial charge in [-0.25, -0.2) is 9.59 Å². The van der Waals surface area contributed by atoms with Crippen molar-refractivity contribution < 1.29 is 34.2 Å². The minimum atomic E-state index is -1.42. The Kier molecular flexibility index (Phi) is 19.1. The highest BCUT2D eigenvalue weighted by Gasteiger charge is 2.50. The zero-order valence-corrected chi connectivity index (χ0v) is 23.4. The first-order chi connectivity index (χ1) is 17.1. The van der Waals surface area contributed by atoms with Gasteiger partial charge in [-0.15, -0.1) is 0 Å². The van der Waals surface area contributed by atoms with Crippen molar-refractivity contribution >= 4 is 17.9 Å². The molecule has 0 bridgehead atoms. The number of allylic oxidation sites excluding steroid dienone is 2. The standard InChI is InChI=1S/C29H53NO6/c1-5-6-7-8-9-10-11-12-13-14-15-16-17-18-19-20-21-22-23-30(24(2)27(31)32,25(3)28(33)34)26(4)29(35)36/h14-15,24-26H,5-13,16-23H2,1-4H3,(H2-,31,32,33,34,35,36)/b15-14+. The van der Waals surface area contributed by atoms with Crippen molar-refractivity contribution in [1.82, 2.24) is 0 Å². The molecule has 0 aliphatic heterocycles. The summed E-state index contributed by atoms with van der Waals surface area (Å²) in [5.41, 5.74) is 0. The lowest BCUT2D eigenvalue weighted by atomic mass is 10.00. The zero-order chi connectivity index (χ0) is 27.4. The van der Waals surface area contributed by atoms with Crippen LogP contribution in [0, 0.1) is 0 Å². The van der Waals surface area contributed by atoms with Crippen LogP contribution in [0.25, 0.3) is 0 Å². The van der Waals surface area contributed by atoms with E-state index in [1.165, 1.54) is 78.6 Å². The molecular weight excluding hydrogens is 458 g/mol. The molecule has 2 N–H and O–H groups in total. The van der Waals surface area contributed by atoms with E-state index in [1.54, 1.807) is 0 Å². The van der Waals surface area contributed by atoms with Gasteiger partial charge < -0.3 is 20.1 Å². The largest absolute Gasteiger partial charge is 0.544 e. The quantitative estimate of drug-likeness (QED) is 0.0975. The SMILES string of the molecule is CCCCCCCCCC/C=C/CCCCCCCC[N+](C(C)C(=O)[O-])(C(C)C(=O)O)C(C)C(=O)O. The van der Waals surface area contributed by atoms with Crippen molar-refractivity contribution in [3.05, 3.63) is 12.2 Å². The number of quaternary nitrogens is 1. The molecular formula is C29H53NO6.